The molecule has 2 saturated heterocycles. The molecule has 4 heterocycles. The zero-order valence-corrected chi connectivity index (χ0v) is 14.2. The highest BCUT2D eigenvalue weighted by molar-refractivity contribution is 7.07. The van der Waals surface area contributed by atoms with E-state index in [4.69, 9.17) is 4.74 Å². The van der Waals surface area contributed by atoms with Gasteiger partial charge in [-0.05, 0) is 28.5 Å². The summed E-state index contributed by atoms with van der Waals surface area (Å²) in [5.74, 6) is 0.385. The number of carbonyl (C=O) groups is 1. The lowest BCUT2D eigenvalue weighted by molar-refractivity contribution is 0.0483. The lowest BCUT2D eigenvalue weighted by Gasteiger charge is -2.23. The van der Waals surface area contributed by atoms with E-state index in [0.717, 1.165) is 32.8 Å². The van der Waals surface area contributed by atoms with Crippen LogP contribution in [-0.2, 0) is 11.3 Å². The Morgan fingerprint density at radius 3 is 3.04 bits per heavy atom. The first kappa shape index (κ1) is 15.7. The normalized spacial score (nSPS) is 24.6. The second-order valence-electron chi connectivity index (χ2n) is 6.38. The maximum absolute atomic E-state index is 12.6. The minimum Gasteiger partial charge on any atom is -0.375 e. The number of aromatic nitrogens is 2. The van der Waals surface area contributed by atoms with Crippen LogP contribution < -0.4 is 0 Å². The summed E-state index contributed by atoms with van der Waals surface area (Å²) in [5.41, 5.74) is 1.95. The summed E-state index contributed by atoms with van der Waals surface area (Å²) >= 11 is 1.73. The predicted octanol–water partition coefficient (Wildman–Crippen LogP) is 1.51. The maximum atomic E-state index is 12.6. The molecule has 0 N–H and O–H groups in total. The van der Waals surface area contributed by atoms with Gasteiger partial charge in [-0.2, -0.15) is 21.5 Å². The first-order valence-corrected chi connectivity index (χ1v) is 9.15. The van der Waals surface area contributed by atoms with Gasteiger partial charge in [0.1, 0.15) is 0 Å². The molecule has 0 aliphatic carbocycles. The molecule has 126 valence electrons. The Morgan fingerprint density at radius 1 is 1.29 bits per heavy atom. The van der Waals surface area contributed by atoms with Crippen molar-refractivity contribution in [2.24, 2.45) is 5.92 Å². The molecule has 2 fully saturated rings. The van der Waals surface area contributed by atoms with E-state index in [-0.39, 0.29) is 12.0 Å². The Kier molecular flexibility index (Phi) is 4.55. The van der Waals surface area contributed by atoms with Gasteiger partial charge in [0.15, 0.2) is 0 Å². The highest BCUT2D eigenvalue weighted by atomic mass is 32.1. The van der Waals surface area contributed by atoms with E-state index in [1.165, 1.54) is 11.8 Å². The molecular weight excluding hydrogens is 324 g/mol. The molecule has 2 atom stereocenters. The van der Waals surface area contributed by atoms with Gasteiger partial charge >= 0.3 is 0 Å². The number of fused-ring (bicyclic) bond motifs is 1. The summed E-state index contributed by atoms with van der Waals surface area (Å²) in [6.45, 7) is 5.01. The minimum atomic E-state index is 0.0194. The number of hydrogen-bond acceptors (Lipinski definition) is 6. The average molecular weight is 344 g/mol. The summed E-state index contributed by atoms with van der Waals surface area (Å²) in [5, 5.41) is 11.8. The molecule has 1 amide bonds. The Balaban J connectivity index is 1.41. The van der Waals surface area contributed by atoms with Crippen LogP contribution in [0.1, 0.15) is 15.9 Å². The second kappa shape index (κ2) is 6.96. The summed E-state index contributed by atoms with van der Waals surface area (Å²) in [6, 6.07) is 3.89. The quantitative estimate of drug-likeness (QED) is 0.845. The summed E-state index contributed by atoms with van der Waals surface area (Å²) in [6.07, 6.45) is 3.22. The third kappa shape index (κ3) is 3.33. The van der Waals surface area contributed by atoms with Crippen LogP contribution >= 0.6 is 11.3 Å². The molecule has 0 saturated carbocycles. The molecular formula is C17H20N4O2S. The van der Waals surface area contributed by atoms with Crippen LogP contribution in [0, 0.1) is 5.92 Å². The smallest absolute Gasteiger partial charge is 0.255 e. The molecule has 2 aliphatic heterocycles. The summed E-state index contributed by atoms with van der Waals surface area (Å²) < 4.78 is 6.03. The standard InChI is InChI=1S/C17H20N4O2S/c22-17(14-1-3-18-19-7-14)21-10-15-9-20(4-5-23-16(15)11-21)8-13-2-6-24-12-13/h1-3,6-7,12,15-16H,4-5,8-11H2/t15-,16+/m1/s1. The fraction of sp³-hybridized carbons (Fsp3) is 0.471. The SMILES string of the molecule is O=C(c1ccnnc1)N1C[C@H]2CN(Cc3ccsc3)CCO[C@H]2C1. The monoisotopic (exact) mass is 344 g/mol. The number of nitrogens with zero attached hydrogens (tertiary/aromatic N) is 4. The number of thiophene rings is 1. The van der Waals surface area contributed by atoms with Gasteiger partial charge in [0.2, 0.25) is 0 Å². The van der Waals surface area contributed by atoms with Crippen molar-refractivity contribution in [2.45, 2.75) is 12.6 Å². The van der Waals surface area contributed by atoms with E-state index in [2.05, 4.69) is 31.9 Å². The minimum absolute atomic E-state index is 0.0194. The Bertz CT molecular complexity index is 679. The first-order chi connectivity index (χ1) is 11.8. The number of likely N-dealkylation sites (tertiary alicyclic amines) is 1. The molecule has 6 nitrogen and oxygen atoms in total. The van der Waals surface area contributed by atoms with E-state index in [9.17, 15) is 4.79 Å². The van der Waals surface area contributed by atoms with Gasteiger partial charge in [-0.15, -0.1) is 0 Å². The van der Waals surface area contributed by atoms with E-state index < -0.39 is 0 Å². The molecule has 7 heteroatoms. The average Bonchev–Trinajstić information content (AvgIpc) is 3.22. The summed E-state index contributed by atoms with van der Waals surface area (Å²) in [7, 11) is 0. The van der Waals surface area contributed by atoms with Crippen molar-refractivity contribution in [3.8, 4) is 0 Å². The fourth-order valence-corrected chi connectivity index (χ4v) is 4.17. The lowest BCUT2D eigenvalue weighted by Crippen LogP contribution is -2.33. The van der Waals surface area contributed by atoms with E-state index >= 15 is 0 Å². The van der Waals surface area contributed by atoms with E-state index in [0.29, 0.717) is 18.0 Å². The van der Waals surface area contributed by atoms with Crippen molar-refractivity contribution >= 4 is 17.2 Å². The van der Waals surface area contributed by atoms with Gasteiger partial charge in [0.25, 0.3) is 5.91 Å². The predicted molar refractivity (Wildman–Crippen MR) is 90.8 cm³/mol. The zero-order chi connectivity index (χ0) is 16.4. The van der Waals surface area contributed by atoms with Gasteiger partial charge in [0, 0.05) is 38.6 Å². The van der Waals surface area contributed by atoms with Crippen LogP contribution in [0.5, 0.6) is 0 Å². The van der Waals surface area contributed by atoms with Crippen LogP contribution in [0.3, 0.4) is 0 Å². The van der Waals surface area contributed by atoms with Gasteiger partial charge < -0.3 is 9.64 Å². The molecule has 24 heavy (non-hydrogen) atoms. The Morgan fingerprint density at radius 2 is 2.25 bits per heavy atom. The number of rotatable bonds is 3. The molecule has 2 aromatic rings. The third-order valence-corrected chi connectivity index (χ3v) is 5.45. The van der Waals surface area contributed by atoms with Gasteiger partial charge in [0.05, 0.1) is 30.7 Å². The molecule has 2 aliphatic rings. The molecule has 0 radical (unpaired) electrons. The van der Waals surface area contributed by atoms with Crippen molar-refractivity contribution in [3.05, 3.63) is 46.4 Å². The van der Waals surface area contributed by atoms with Crippen molar-refractivity contribution in [3.63, 3.8) is 0 Å². The van der Waals surface area contributed by atoms with E-state index in [1.54, 1.807) is 23.6 Å². The van der Waals surface area contributed by atoms with Gasteiger partial charge in [-0.3, -0.25) is 9.69 Å². The molecule has 4 rings (SSSR count). The van der Waals surface area contributed by atoms with Crippen LogP contribution in [-0.4, -0.2) is 64.8 Å². The number of amides is 1. The van der Waals surface area contributed by atoms with Crippen molar-refractivity contribution in [2.75, 3.05) is 32.8 Å². The summed E-state index contributed by atoms with van der Waals surface area (Å²) in [4.78, 5) is 16.9. The largest absolute Gasteiger partial charge is 0.375 e. The zero-order valence-electron chi connectivity index (χ0n) is 13.4. The molecule has 0 spiro atoms. The Labute approximate surface area is 145 Å². The van der Waals surface area contributed by atoms with Gasteiger partial charge in [-0.25, -0.2) is 0 Å². The first-order valence-electron chi connectivity index (χ1n) is 8.20. The molecule has 0 aromatic carbocycles. The number of hydrogen-bond donors (Lipinski definition) is 0. The van der Waals surface area contributed by atoms with Crippen LogP contribution in [0.4, 0.5) is 0 Å². The maximum Gasteiger partial charge on any atom is 0.255 e. The molecule has 0 bridgehead atoms. The van der Waals surface area contributed by atoms with Crippen LogP contribution in [0.25, 0.3) is 0 Å². The van der Waals surface area contributed by atoms with Crippen molar-refractivity contribution in [1.29, 1.82) is 0 Å². The van der Waals surface area contributed by atoms with Crippen LogP contribution in [0.15, 0.2) is 35.3 Å². The third-order valence-electron chi connectivity index (χ3n) is 4.72. The highest BCUT2D eigenvalue weighted by Crippen LogP contribution is 2.25. The fourth-order valence-electron chi connectivity index (χ4n) is 3.51. The second-order valence-corrected chi connectivity index (χ2v) is 7.16. The lowest BCUT2D eigenvalue weighted by atomic mass is 10.1. The van der Waals surface area contributed by atoms with Crippen molar-refractivity contribution < 1.29 is 9.53 Å². The van der Waals surface area contributed by atoms with Crippen molar-refractivity contribution in [1.82, 2.24) is 20.0 Å². The molecule has 2 aromatic heterocycles. The van der Waals surface area contributed by atoms with E-state index in [1.807, 2.05) is 4.90 Å². The highest BCUT2D eigenvalue weighted by Gasteiger charge is 2.38. The molecule has 0 unspecified atom stereocenters. The number of carbonyl (C=O) groups excluding carboxylic acids is 1. The Hall–Kier alpha value is -1.83. The van der Waals surface area contributed by atoms with Crippen LogP contribution in [0.2, 0.25) is 0 Å². The number of ether oxygens (including phenoxy) is 1. The topological polar surface area (TPSA) is 58.6 Å². The van der Waals surface area contributed by atoms with Gasteiger partial charge in [-0.1, -0.05) is 0 Å².